The van der Waals surface area contributed by atoms with Crippen LogP contribution in [0.5, 0.6) is 0 Å². The van der Waals surface area contributed by atoms with Crippen LogP contribution in [0.1, 0.15) is 32.0 Å². The van der Waals surface area contributed by atoms with Gasteiger partial charge in [-0.3, -0.25) is 4.79 Å². The molecular weight excluding hydrogens is 305 g/mol. The number of amides is 1. The number of carboxylic acid groups (broad SMARTS) is 1. The van der Waals surface area contributed by atoms with Gasteiger partial charge in [-0.2, -0.15) is 0 Å². The quantitative estimate of drug-likeness (QED) is 0.756. The number of rotatable bonds is 7. The molecule has 1 amide bonds. The summed E-state index contributed by atoms with van der Waals surface area (Å²) in [6.07, 6.45) is 1.53. The first-order valence-electron chi connectivity index (χ1n) is 6.98. The maximum atomic E-state index is 11.7. The van der Waals surface area contributed by atoms with Crippen LogP contribution in [-0.2, 0) is 21.4 Å². The van der Waals surface area contributed by atoms with Crippen molar-refractivity contribution in [3.8, 4) is 0 Å². The molecule has 2 atom stereocenters. The fourth-order valence-corrected chi connectivity index (χ4v) is 5.92. The van der Waals surface area contributed by atoms with Crippen LogP contribution in [0.3, 0.4) is 0 Å². The highest BCUT2D eigenvalue weighted by atomic mass is 32.4. The molecule has 0 saturated carbocycles. The van der Waals surface area contributed by atoms with Crippen molar-refractivity contribution in [2.45, 2.75) is 32.5 Å². The molecule has 4 nitrogen and oxygen atoms in total. The standard InChI is InChI=1S/C15H22NO3PS/c1-4-20(21,5-2)14(12-9-7-6-8-10-12)13(15(18)19)16-11(3)17/h6-10,13-14H,4-5H2,1-3H3,(H,16,17)(H,18,19). The summed E-state index contributed by atoms with van der Waals surface area (Å²) in [6, 6.07) is 6.51. The van der Waals surface area contributed by atoms with Gasteiger partial charge in [-0.1, -0.05) is 56.0 Å². The highest BCUT2D eigenvalue weighted by Gasteiger charge is 2.38. The third-order valence-electron chi connectivity index (χ3n) is 3.66. The van der Waals surface area contributed by atoms with Gasteiger partial charge in [0.2, 0.25) is 5.91 Å². The minimum atomic E-state index is -1.94. The lowest BCUT2D eigenvalue weighted by Gasteiger charge is -2.34. The minimum Gasteiger partial charge on any atom is -0.480 e. The lowest BCUT2D eigenvalue weighted by Crippen LogP contribution is -2.44. The van der Waals surface area contributed by atoms with Crippen molar-refractivity contribution in [2.24, 2.45) is 0 Å². The smallest absolute Gasteiger partial charge is 0.327 e. The monoisotopic (exact) mass is 327 g/mol. The summed E-state index contributed by atoms with van der Waals surface area (Å²) >= 11 is 5.85. The van der Waals surface area contributed by atoms with Gasteiger partial charge in [0.25, 0.3) is 0 Å². The summed E-state index contributed by atoms with van der Waals surface area (Å²) in [6.45, 7) is 5.35. The van der Waals surface area contributed by atoms with Gasteiger partial charge >= 0.3 is 5.97 Å². The summed E-state index contributed by atoms with van der Waals surface area (Å²) < 4.78 is 0. The van der Waals surface area contributed by atoms with Crippen LogP contribution in [-0.4, -0.2) is 35.3 Å². The fraction of sp³-hybridized carbons (Fsp3) is 0.467. The third kappa shape index (κ3) is 4.39. The van der Waals surface area contributed by atoms with Crippen molar-refractivity contribution >= 4 is 29.7 Å². The van der Waals surface area contributed by atoms with Crippen LogP contribution >= 0.6 is 6.04 Å². The zero-order chi connectivity index (χ0) is 16.0. The van der Waals surface area contributed by atoms with Gasteiger partial charge < -0.3 is 10.4 Å². The zero-order valence-corrected chi connectivity index (χ0v) is 14.3. The summed E-state index contributed by atoms with van der Waals surface area (Å²) in [5.41, 5.74) is 0.552. The Labute approximate surface area is 131 Å². The van der Waals surface area contributed by atoms with Crippen molar-refractivity contribution in [1.29, 1.82) is 0 Å². The van der Waals surface area contributed by atoms with Gasteiger partial charge in [0.05, 0.1) is 0 Å². The number of carbonyl (C=O) groups is 2. The molecule has 21 heavy (non-hydrogen) atoms. The summed E-state index contributed by atoms with van der Waals surface area (Å²) in [5.74, 6) is -1.38. The Morgan fingerprint density at radius 2 is 1.76 bits per heavy atom. The van der Waals surface area contributed by atoms with Gasteiger partial charge in [-0.05, 0) is 23.9 Å². The van der Waals surface area contributed by atoms with E-state index in [9.17, 15) is 14.7 Å². The molecule has 0 aromatic heterocycles. The Morgan fingerprint density at radius 1 is 1.24 bits per heavy atom. The highest BCUT2D eigenvalue weighted by Crippen LogP contribution is 2.60. The first kappa shape index (κ1) is 17.9. The summed E-state index contributed by atoms with van der Waals surface area (Å²) in [7, 11) is 0. The lowest BCUT2D eigenvalue weighted by atomic mass is 10.1. The lowest BCUT2D eigenvalue weighted by molar-refractivity contribution is -0.141. The van der Waals surface area contributed by atoms with Gasteiger partial charge in [0, 0.05) is 12.6 Å². The molecule has 2 N–H and O–H groups in total. The van der Waals surface area contributed by atoms with E-state index in [4.69, 9.17) is 11.8 Å². The zero-order valence-electron chi connectivity index (χ0n) is 12.6. The topological polar surface area (TPSA) is 66.4 Å². The molecule has 0 heterocycles. The van der Waals surface area contributed by atoms with E-state index < -0.39 is 18.0 Å². The van der Waals surface area contributed by atoms with E-state index in [0.29, 0.717) is 0 Å². The second-order valence-electron chi connectivity index (χ2n) is 4.96. The first-order chi connectivity index (χ1) is 9.85. The molecule has 1 aromatic carbocycles. The van der Waals surface area contributed by atoms with Crippen molar-refractivity contribution < 1.29 is 14.7 Å². The van der Waals surface area contributed by atoms with Crippen LogP contribution in [0, 0.1) is 0 Å². The number of hydrogen-bond acceptors (Lipinski definition) is 3. The van der Waals surface area contributed by atoms with Crippen LogP contribution < -0.4 is 5.32 Å². The van der Waals surface area contributed by atoms with Crippen molar-refractivity contribution in [3.63, 3.8) is 0 Å². The Kier molecular flexibility index (Phi) is 6.56. The maximum absolute atomic E-state index is 11.7. The number of benzene rings is 1. The van der Waals surface area contributed by atoms with Crippen LogP contribution in [0.4, 0.5) is 0 Å². The molecule has 0 aliphatic heterocycles. The Morgan fingerprint density at radius 3 is 2.14 bits per heavy atom. The normalized spacial score (nSPS) is 14.2. The number of carboxylic acids is 1. The van der Waals surface area contributed by atoms with E-state index >= 15 is 0 Å². The molecule has 0 saturated heterocycles. The van der Waals surface area contributed by atoms with Crippen molar-refractivity contribution in [1.82, 2.24) is 5.32 Å². The molecule has 0 bridgehead atoms. The molecule has 0 aliphatic rings. The largest absolute Gasteiger partial charge is 0.480 e. The second kappa shape index (κ2) is 7.71. The predicted octanol–water partition coefficient (Wildman–Crippen LogP) is 2.84. The number of carbonyl (C=O) groups excluding carboxylic acids is 1. The summed E-state index contributed by atoms with van der Waals surface area (Å²) in [4.78, 5) is 23.1. The number of nitrogens with one attached hydrogen (secondary N) is 1. The second-order valence-corrected chi connectivity index (χ2v) is 10.9. The average molecular weight is 327 g/mol. The number of aliphatic carboxylic acids is 1. The van der Waals surface area contributed by atoms with E-state index in [1.807, 2.05) is 44.2 Å². The van der Waals surface area contributed by atoms with Crippen LogP contribution in [0.15, 0.2) is 30.3 Å². The SMILES string of the molecule is CCP(=S)(CC)C(c1ccccc1)C(NC(C)=O)C(=O)O. The molecule has 1 aromatic rings. The number of hydrogen-bond donors (Lipinski definition) is 2. The fourth-order valence-electron chi connectivity index (χ4n) is 2.50. The first-order valence-corrected chi connectivity index (χ1v) is 10.2. The molecule has 0 aliphatic carbocycles. The molecule has 2 unspecified atom stereocenters. The van der Waals surface area contributed by atoms with E-state index in [1.165, 1.54) is 6.92 Å². The van der Waals surface area contributed by atoms with Gasteiger partial charge in [0.15, 0.2) is 0 Å². The van der Waals surface area contributed by atoms with Crippen LogP contribution in [0.25, 0.3) is 0 Å². The van der Waals surface area contributed by atoms with Crippen molar-refractivity contribution in [2.75, 3.05) is 12.3 Å². The molecule has 0 radical (unpaired) electrons. The molecule has 0 fully saturated rings. The average Bonchev–Trinajstić information content (AvgIpc) is 2.46. The summed E-state index contributed by atoms with van der Waals surface area (Å²) in [5, 5.41) is 12.1. The van der Waals surface area contributed by atoms with E-state index in [1.54, 1.807) is 0 Å². The predicted molar refractivity (Wildman–Crippen MR) is 89.8 cm³/mol. The Bertz CT molecular complexity index is 539. The molecular formula is C15H22NO3PS. The van der Waals surface area contributed by atoms with Gasteiger partial charge in [-0.25, -0.2) is 4.79 Å². The molecule has 116 valence electrons. The van der Waals surface area contributed by atoms with Crippen LogP contribution in [0.2, 0.25) is 0 Å². The third-order valence-corrected chi connectivity index (χ3v) is 9.64. The molecule has 1 rings (SSSR count). The van der Waals surface area contributed by atoms with Crippen molar-refractivity contribution in [3.05, 3.63) is 35.9 Å². The molecule has 0 spiro atoms. The van der Waals surface area contributed by atoms with E-state index in [-0.39, 0.29) is 11.6 Å². The van der Waals surface area contributed by atoms with Gasteiger partial charge in [0.1, 0.15) is 6.04 Å². The maximum Gasteiger partial charge on any atom is 0.327 e. The van der Waals surface area contributed by atoms with E-state index in [0.717, 1.165) is 17.9 Å². The molecule has 6 heteroatoms. The minimum absolute atomic E-state index is 0.343. The van der Waals surface area contributed by atoms with Gasteiger partial charge in [-0.15, -0.1) is 0 Å². The Hall–Kier alpha value is -1.19. The highest BCUT2D eigenvalue weighted by molar-refractivity contribution is 8.14. The Balaban J connectivity index is 3.39. The van der Waals surface area contributed by atoms with E-state index in [2.05, 4.69) is 5.32 Å².